The maximum absolute atomic E-state index is 14.1. The minimum absolute atomic E-state index is 0.00415. The third kappa shape index (κ3) is 7.14. The minimum Gasteiger partial charge on any atom is -0.322 e. The van der Waals surface area contributed by atoms with Crippen molar-refractivity contribution in [2.24, 2.45) is 0 Å². The molecule has 202 valence electrons. The molecule has 0 aliphatic carbocycles. The number of carbonyl (C=O) groups excluding carboxylic acids is 1. The van der Waals surface area contributed by atoms with E-state index in [0.29, 0.717) is 16.4 Å². The Morgan fingerprint density at radius 2 is 1.41 bits per heavy atom. The molecule has 4 aromatic carbocycles. The molecule has 0 spiro atoms. The van der Waals surface area contributed by atoms with Crippen molar-refractivity contribution in [3.05, 3.63) is 119 Å². The van der Waals surface area contributed by atoms with Gasteiger partial charge in [-0.1, -0.05) is 29.8 Å². The molecular weight excluding hydrogens is 565 g/mol. The van der Waals surface area contributed by atoms with Crippen molar-refractivity contribution in [3.63, 3.8) is 0 Å². The Labute approximate surface area is 231 Å². The summed E-state index contributed by atoms with van der Waals surface area (Å²) in [5.41, 5.74) is 1.41. The molecule has 0 saturated carbocycles. The monoisotopic (exact) mass is 587 g/mol. The van der Waals surface area contributed by atoms with E-state index in [2.05, 4.69) is 10.0 Å². The summed E-state index contributed by atoms with van der Waals surface area (Å²) in [6.07, 6.45) is 1.02. The highest BCUT2D eigenvalue weighted by atomic mass is 35.5. The summed E-state index contributed by atoms with van der Waals surface area (Å²) in [6, 6.07) is 23.5. The molecular formula is C27H23ClFN3O5S2. The highest BCUT2D eigenvalue weighted by Crippen LogP contribution is 2.24. The van der Waals surface area contributed by atoms with Crippen LogP contribution in [0.5, 0.6) is 0 Å². The van der Waals surface area contributed by atoms with Gasteiger partial charge < -0.3 is 5.32 Å². The van der Waals surface area contributed by atoms with Gasteiger partial charge in [0.2, 0.25) is 10.0 Å². The predicted octanol–water partition coefficient (Wildman–Crippen LogP) is 5.50. The van der Waals surface area contributed by atoms with Gasteiger partial charge in [0.1, 0.15) is 5.82 Å². The van der Waals surface area contributed by atoms with E-state index in [0.717, 1.165) is 10.6 Å². The average molecular weight is 588 g/mol. The van der Waals surface area contributed by atoms with Crippen LogP contribution in [0.25, 0.3) is 0 Å². The van der Waals surface area contributed by atoms with Crippen LogP contribution >= 0.6 is 11.6 Å². The second-order valence-electron chi connectivity index (χ2n) is 8.50. The summed E-state index contributed by atoms with van der Waals surface area (Å²) < 4.78 is 67.7. The lowest BCUT2D eigenvalue weighted by Crippen LogP contribution is -2.29. The Bertz CT molecular complexity index is 1700. The number of hydrogen-bond acceptors (Lipinski definition) is 5. The van der Waals surface area contributed by atoms with Crippen LogP contribution < -0.4 is 14.3 Å². The zero-order chi connectivity index (χ0) is 28.2. The standard InChI is InChI=1S/C27H23ClFN3O5S2/c1-38(34,35)32(18-20-4-2-3-5-26(20)29)24-14-6-19(7-15-24)27(33)30-22-12-16-25(17-13-22)39(36,37)31-23-10-8-21(28)9-11-23/h2-17,31H,18H2,1H3,(H,30,33). The third-order valence-electron chi connectivity index (χ3n) is 5.61. The summed E-state index contributed by atoms with van der Waals surface area (Å²) in [6.45, 7) is -0.209. The average Bonchev–Trinajstić information content (AvgIpc) is 2.89. The van der Waals surface area contributed by atoms with Gasteiger partial charge in [-0.3, -0.25) is 13.8 Å². The molecule has 0 aromatic heterocycles. The fourth-order valence-electron chi connectivity index (χ4n) is 3.61. The molecule has 0 fully saturated rings. The van der Waals surface area contributed by atoms with Crippen molar-refractivity contribution >= 4 is 54.6 Å². The van der Waals surface area contributed by atoms with Gasteiger partial charge in [-0.2, -0.15) is 0 Å². The van der Waals surface area contributed by atoms with Crippen LogP contribution in [0.3, 0.4) is 0 Å². The van der Waals surface area contributed by atoms with Crippen molar-refractivity contribution in [2.75, 3.05) is 20.6 Å². The second-order valence-corrected chi connectivity index (χ2v) is 12.5. The van der Waals surface area contributed by atoms with Gasteiger partial charge in [-0.15, -0.1) is 0 Å². The molecule has 0 aliphatic rings. The number of sulfonamides is 2. The summed E-state index contributed by atoms with van der Waals surface area (Å²) in [7, 11) is -7.60. The fourth-order valence-corrected chi connectivity index (χ4v) is 5.68. The maximum atomic E-state index is 14.1. The van der Waals surface area contributed by atoms with Gasteiger partial charge in [0.05, 0.1) is 23.4 Å². The van der Waals surface area contributed by atoms with Crippen LogP contribution in [-0.4, -0.2) is 29.0 Å². The highest BCUT2D eigenvalue weighted by Gasteiger charge is 2.20. The second kappa shape index (κ2) is 11.4. The normalized spacial score (nSPS) is 11.6. The highest BCUT2D eigenvalue weighted by molar-refractivity contribution is 7.92. The summed E-state index contributed by atoms with van der Waals surface area (Å²) in [5, 5.41) is 3.14. The van der Waals surface area contributed by atoms with Crippen LogP contribution in [0, 0.1) is 5.82 Å². The van der Waals surface area contributed by atoms with Gasteiger partial charge in [0.25, 0.3) is 15.9 Å². The SMILES string of the molecule is CS(=O)(=O)N(Cc1ccccc1F)c1ccc(C(=O)Nc2ccc(S(=O)(=O)Nc3ccc(Cl)cc3)cc2)cc1. The zero-order valence-electron chi connectivity index (χ0n) is 20.5. The van der Waals surface area contributed by atoms with E-state index in [1.807, 2.05) is 0 Å². The number of nitrogens with zero attached hydrogens (tertiary/aromatic N) is 1. The van der Waals surface area contributed by atoms with Gasteiger partial charge in [0.15, 0.2) is 0 Å². The van der Waals surface area contributed by atoms with E-state index in [1.165, 1.54) is 78.9 Å². The van der Waals surface area contributed by atoms with Gasteiger partial charge in [-0.05, 0) is 78.9 Å². The first kappa shape index (κ1) is 28.1. The maximum Gasteiger partial charge on any atom is 0.261 e. The van der Waals surface area contributed by atoms with Crippen LogP contribution in [0.15, 0.2) is 102 Å². The van der Waals surface area contributed by atoms with Crippen molar-refractivity contribution in [1.29, 1.82) is 0 Å². The van der Waals surface area contributed by atoms with Gasteiger partial charge in [0, 0.05) is 27.5 Å². The predicted molar refractivity (Wildman–Crippen MR) is 151 cm³/mol. The molecule has 0 aliphatic heterocycles. The number of nitrogens with one attached hydrogen (secondary N) is 2. The molecule has 0 atom stereocenters. The lowest BCUT2D eigenvalue weighted by atomic mass is 10.1. The fraction of sp³-hybridized carbons (Fsp3) is 0.0741. The molecule has 0 radical (unpaired) electrons. The Morgan fingerprint density at radius 3 is 2.00 bits per heavy atom. The van der Waals surface area contributed by atoms with Crippen molar-refractivity contribution in [1.82, 2.24) is 0 Å². The van der Waals surface area contributed by atoms with E-state index in [1.54, 1.807) is 18.2 Å². The molecule has 12 heteroatoms. The van der Waals surface area contributed by atoms with E-state index < -0.39 is 31.8 Å². The molecule has 8 nitrogen and oxygen atoms in total. The number of amides is 1. The number of anilines is 3. The number of carbonyl (C=O) groups is 1. The Morgan fingerprint density at radius 1 is 0.821 bits per heavy atom. The van der Waals surface area contributed by atoms with Crippen LogP contribution in [0.1, 0.15) is 15.9 Å². The van der Waals surface area contributed by atoms with Crippen LogP contribution in [0.4, 0.5) is 21.5 Å². The molecule has 4 rings (SSSR count). The van der Waals surface area contributed by atoms with Crippen molar-refractivity contribution in [3.8, 4) is 0 Å². The lowest BCUT2D eigenvalue weighted by Gasteiger charge is -2.23. The summed E-state index contributed by atoms with van der Waals surface area (Å²) in [5.74, 6) is -1.02. The number of halogens is 2. The summed E-state index contributed by atoms with van der Waals surface area (Å²) in [4.78, 5) is 12.7. The molecule has 1 amide bonds. The summed E-state index contributed by atoms with van der Waals surface area (Å²) >= 11 is 5.83. The topological polar surface area (TPSA) is 113 Å². The number of benzene rings is 4. The number of rotatable bonds is 9. The van der Waals surface area contributed by atoms with Gasteiger partial charge >= 0.3 is 0 Å². The minimum atomic E-state index is -3.86. The van der Waals surface area contributed by atoms with Crippen LogP contribution in [-0.2, 0) is 26.6 Å². The molecule has 2 N–H and O–H groups in total. The largest absolute Gasteiger partial charge is 0.322 e. The Balaban J connectivity index is 1.45. The van der Waals surface area contributed by atoms with E-state index in [9.17, 15) is 26.0 Å². The molecule has 4 aromatic rings. The number of hydrogen-bond donors (Lipinski definition) is 2. The Kier molecular flexibility index (Phi) is 8.24. The third-order valence-corrected chi connectivity index (χ3v) is 8.40. The first-order chi connectivity index (χ1) is 18.4. The molecule has 0 saturated heterocycles. The van der Waals surface area contributed by atoms with E-state index >= 15 is 0 Å². The molecule has 0 heterocycles. The Hall–Kier alpha value is -3.93. The molecule has 39 heavy (non-hydrogen) atoms. The van der Waals surface area contributed by atoms with Crippen molar-refractivity contribution < 1.29 is 26.0 Å². The van der Waals surface area contributed by atoms with Gasteiger partial charge in [-0.25, -0.2) is 21.2 Å². The molecule has 0 unspecified atom stereocenters. The smallest absolute Gasteiger partial charge is 0.261 e. The first-order valence-corrected chi connectivity index (χ1v) is 15.1. The zero-order valence-corrected chi connectivity index (χ0v) is 22.9. The lowest BCUT2D eigenvalue weighted by molar-refractivity contribution is 0.102. The molecule has 0 bridgehead atoms. The van der Waals surface area contributed by atoms with E-state index in [-0.39, 0.29) is 28.3 Å². The quantitative estimate of drug-likeness (QED) is 0.269. The van der Waals surface area contributed by atoms with E-state index in [4.69, 9.17) is 11.6 Å². The first-order valence-electron chi connectivity index (χ1n) is 11.4. The van der Waals surface area contributed by atoms with Crippen molar-refractivity contribution in [2.45, 2.75) is 11.4 Å². The van der Waals surface area contributed by atoms with Crippen LogP contribution in [0.2, 0.25) is 5.02 Å².